The summed E-state index contributed by atoms with van der Waals surface area (Å²) in [7, 11) is 1.47. The highest BCUT2D eigenvalue weighted by Gasteiger charge is 2.45. The minimum absolute atomic E-state index is 0.299. The SMILES string of the molecule is COc1cc2nn([C@H]3CC[C@H](CN4CCC5(CC4)CC(CCCO)C5)CC3)cc2cc1NC(=O)c1cccc(C(F)(F)F)n1. The third-order valence-corrected chi connectivity index (χ3v) is 10.2. The fourth-order valence-corrected chi connectivity index (χ4v) is 7.75. The number of hydrogen-bond acceptors (Lipinski definition) is 6. The number of piperidine rings is 1. The lowest BCUT2D eigenvalue weighted by Gasteiger charge is -2.53. The Bertz CT molecular complexity index is 1450. The van der Waals surface area contributed by atoms with Crippen LogP contribution in [0, 0.1) is 17.3 Å². The number of amides is 1. The van der Waals surface area contributed by atoms with E-state index < -0.39 is 17.8 Å². The molecule has 2 saturated carbocycles. The highest BCUT2D eigenvalue weighted by Crippen LogP contribution is 2.54. The first-order valence-corrected chi connectivity index (χ1v) is 15.9. The summed E-state index contributed by atoms with van der Waals surface area (Å²) in [6.07, 6.45) is 9.28. The summed E-state index contributed by atoms with van der Waals surface area (Å²) in [6.45, 7) is 3.92. The number of ether oxygens (including phenoxy) is 1. The van der Waals surface area contributed by atoms with Crippen molar-refractivity contribution in [1.29, 1.82) is 0 Å². The molecule has 11 heteroatoms. The summed E-state index contributed by atoms with van der Waals surface area (Å²) < 4.78 is 46.7. The van der Waals surface area contributed by atoms with Gasteiger partial charge < -0.3 is 20.1 Å². The molecule has 0 atom stereocenters. The van der Waals surface area contributed by atoms with Gasteiger partial charge in [0.15, 0.2) is 0 Å². The van der Waals surface area contributed by atoms with E-state index in [0.29, 0.717) is 35.4 Å². The maximum absolute atomic E-state index is 13.1. The number of aliphatic hydroxyl groups is 1. The van der Waals surface area contributed by atoms with Gasteiger partial charge in [0, 0.05) is 30.8 Å². The van der Waals surface area contributed by atoms with Crippen LogP contribution in [0.25, 0.3) is 10.9 Å². The van der Waals surface area contributed by atoms with Crippen LogP contribution in [0.2, 0.25) is 0 Å². The lowest BCUT2D eigenvalue weighted by Crippen LogP contribution is -2.48. The van der Waals surface area contributed by atoms with Gasteiger partial charge in [-0.2, -0.15) is 18.3 Å². The first kappa shape index (κ1) is 30.8. The number of carbonyl (C=O) groups excluding carboxylic acids is 1. The Kier molecular flexibility index (Phi) is 8.88. The number of alkyl halides is 3. The number of rotatable bonds is 9. The summed E-state index contributed by atoms with van der Waals surface area (Å²) in [4.78, 5) is 19.0. The van der Waals surface area contributed by atoms with Crippen LogP contribution in [0.1, 0.15) is 86.4 Å². The molecule has 1 aromatic carbocycles. The lowest BCUT2D eigenvalue weighted by molar-refractivity contribution is -0.141. The second-order valence-corrected chi connectivity index (χ2v) is 13.2. The number of carbonyl (C=O) groups is 1. The van der Waals surface area contributed by atoms with Gasteiger partial charge in [0.2, 0.25) is 0 Å². The molecule has 3 heterocycles. The molecule has 3 aliphatic rings. The molecule has 1 amide bonds. The normalized spacial score (nSPS) is 22.7. The zero-order chi connectivity index (χ0) is 30.9. The van der Waals surface area contributed by atoms with Crippen LogP contribution in [-0.2, 0) is 6.18 Å². The second kappa shape index (κ2) is 12.7. The Balaban J connectivity index is 1.03. The van der Waals surface area contributed by atoms with Gasteiger partial charge in [0.25, 0.3) is 5.91 Å². The molecular formula is C33H42F3N5O3. The van der Waals surface area contributed by atoms with Crippen molar-refractivity contribution in [2.45, 2.75) is 76.4 Å². The van der Waals surface area contributed by atoms with Crippen molar-refractivity contribution in [3.8, 4) is 5.75 Å². The number of benzene rings is 1. The molecule has 0 bridgehead atoms. The van der Waals surface area contributed by atoms with Crippen LogP contribution >= 0.6 is 0 Å². The topological polar surface area (TPSA) is 92.5 Å². The number of fused-ring (bicyclic) bond motifs is 1. The van der Waals surface area contributed by atoms with E-state index in [4.69, 9.17) is 14.9 Å². The van der Waals surface area contributed by atoms with E-state index in [1.54, 1.807) is 12.1 Å². The standard InChI is InChI=1S/C33H42F3N5O3/c1-44-29-17-27-24(16-28(29)38-31(43)26-5-2-6-30(37-26)33(34,35)36)21-41(39-27)25-9-7-22(8-10-25)20-40-13-11-32(12-14-40)18-23(19-32)4-3-15-42/h2,5-6,16-17,21-23,25,42H,3-4,7-15,18-20H2,1H3,(H,38,43)/t22-,25-. The van der Waals surface area contributed by atoms with Gasteiger partial charge in [-0.25, -0.2) is 4.98 Å². The molecule has 44 heavy (non-hydrogen) atoms. The fraction of sp³-hybridized carbons (Fsp3) is 0.606. The van der Waals surface area contributed by atoms with Crippen LogP contribution in [0.5, 0.6) is 5.75 Å². The van der Waals surface area contributed by atoms with E-state index >= 15 is 0 Å². The molecule has 8 nitrogen and oxygen atoms in total. The molecule has 1 saturated heterocycles. The molecule has 1 spiro atoms. The Morgan fingerprint density at radius 1 is 1.11 bits per heavy atom. The molecule has 2 N–H and O–H groups in total. The average Bonchev–Trinajstić information content (AvgIpc) is 3.42. The molecule has 2 aromatic heterocycles. The molecule has 238 valence electrons. The average molecular weight is 614 g/mol. The molecular weight excluding hydrogens is 571 g/mol. The fourth-order valence-electron chi connectivity index (χ4n) is 7.75. The van der Waals surface area contributed by atoms with Crippen molar-refractivity contribution in [1.82, 2.24) is 19.7 Å². The summed E-state index contributed by atoms with van der Waals surface area (Å²) in [5, 5.41) is 17.4. The number of anilines is 1. The van der Waals surface area contributed by atoms with E-state index in [1.807, 2.05) is 10.9 Å². The van der Waals surface area contributed by atoms with Crippen molar-refractivity contribution < 1.29 is 27.8 Å². The van der Waals surface area contributed by atoms with E-state index in [-0.39, 0.29) is 5.69 Å². The van der Waals surface area contributed by atoms with E-state index in [9.17, 15) is 18.0 Å². The second-order valence-electron chi connectivity index (χ2n) is 13.2. The summed E-state index contributed by atoms with van der Waals surface area (Å²) in [5.74, 6) is 1.15. The Hall–Kier alpha value is -3.18. The molecule has 3 fully saturated rings. The van der Waals surface area contributed by atoms with Gasteiger partial charge in [-0.1, -0.05) is 6.07 Å². The Morgan fingerprint density at radius 2 is 1.86 bits per heavy atom. The van der Waals surface area contributed by atoms with Gasteiger partial charge in [-0.3, -0.25) is 9.48 Å². The third kappa shape index (κ3) is 6.73. The molecule has 6 rings (SSSR count). The lowest BCUT2D eigenvalue weighted by atomic mass is 9.56. The minimum atomic E-state index is -4.64. The van der Waals surface area contributed by atoms with Crippen LogP contribution < -0.4 is 10.1 Å². The van der Waals surface area contributed by atoms with Crippen LogP contribution in [-0.4, -0.2) is 64.0 Å². The quantitative estimate of drug-likeness (QED) is 0.279. The van der Waals surface area contributed by atoms with Crippen LogP contribution in [0.4, 0.5) is 18.9 Å². The molecule has 3 aromatic rings. The monoisotopic (exact) mass is 613 g/mol. The van der Waals surface area contributed by atoms with E-state index in [0.717, 1.165) is 48.2 Å². The van der Waals surface area contributed by atoms with Crippen LogP contribution in [0.15, 0.2) is 36.5 Å². The summed E-state index contributed by atoms with van der Waals surface area (Å²) in [5.41, 5.74) is 0.209. The number of pyridine rings is 1. The third-order valence-electron chi connectivity index (χ3n) is 10.2. The number of nitrogens with one attached hydrogen (secondary N) is 1. The number of methoxy groups -OCH3 is 1. The summed E-state index contributed by atoms with van der Waals surface area (Å²) in [6, 6.07) is 7.03. The predicted octanol–water partition coefficient (Wildman–Crippen LogP) is 6.71. The van der Waals surface area contributed by atoms with Gasteiger partial charge in [0.1, 0.15) is 17.1 Å². The van der Waals surface area contributed by atoms with Gasteiger partial charge in [-0.05, 0) is 113 Å². The number of nitrogens with zero attached hydrogens (tertiary/aromatic N) is 4. The molecule has 1 aliphatic heterocycles. The van der Waals surface area contributed by atoms with Crippen molar-refractivity contribution in [3.63, 3.8) is 0 Å². The zero-order valence-corrected chi connectivity index (χ0v) is 25.3. The predicted molar refractivity (Wildman–Crippen MR) is 162 cm³/mol. The Morgan fingerprint density at radius 3 is 2.55 bits per heavy atom. The van der Waals surface area contributed by atoms with Crippen molar-refractivity contribution in [2.75, 3.05) is 38.7 Å². The summed E-state index contributed by atoms with van der Waals surface area (Å²) >= 11 is 0. The highest BCUT2D eigenvalue weighted by molar-refractivity contribution is 6.05. The number of hydrogen-bond donors (Lipinski definition) is 2. The smallest absolute Gasteiger partial charge is 0.433 e. The number of halogens is 3. The Labute approximate surface area is 256 Å². The molecule has 0 radical (unpaired) electrons. The van der Waals surface area contributed by atoms with Crippen molar-refractivity contribution >= 4 is 22.5 Å². The van der Waals surface area contributed by atoms with E-state index in [1.165, 1.54) is 77.8 Å². The van der Waals surface area contributed by atoms with Gasteiger partial charge in [0.05, 0.1) is 24.4 Å². The largest absolute Gasteiger partial charge is 0.494 e. The van der Waals surface area contributed by atoms with Crippen LogP contribution in [0.3, 0.4) is 0 Å². The zero-order valence-electron chi connectivity index (χ0n) is 25.3. The number of likely N-dealkylation sites (tertiary alicyclic amines) is 1. The van der Waals surface area contributed by atoms with E-state index in [2.05, 4.69) is 15.2 Å². The van der Waals surface area contributed by atoms with Crippen molar-refractivity contribution in [3.05, 3.63) is 47.9 Å². The molecule has 0 unspecified atom stereocenters. The van der Waals surface area contributed by atoms with Crippen molar-refractivity contribution in [2.24, 2.45) is 17.3 Å². The minimum Gasteiger partial charge on any atom is -0.494 e. The first-order chi connectivity index (χ1) is 21.1. The number of aliphatic hydroxyl groups excluding tert-OH is 1. The maximum Gasteiger partial charge on any atom is 0.433 e. The molecule has 2 aliphatic carbocycles. The number of aromatic nitrogens is 3. The van der Waals surface area contributed by atoms with Gasteiger partial charge in [-0.15, -0.1) is 0 Å². The highest BCUT2D eigenvalue weighted by atomic mass is 19.4. The first-order valence-electron chi connectivity index (χ1n) is 15.9. The van der Waals surface area contributed by atoms with Gasteiger partial charge >= 0.3 is 6.18 Å². The maximum atomic E-state index is 13.1.